The number of hydrogen-bond donors (Lipinski definition) is 0. The van der Waals surface area contributed by atoms with Crippen molar-refractivity contribution in [2.24, 2.45) is 0 Å². The highest BCUT2D eigenvalue weighted by Crippen LogP contribution is 2.32. The molecule has 4 aromatic rings. The number of nitrogens with zero attached hydrogens (tertiary/aromatic N) is 2. The second kappa shape index (κ2) is 7.10. The summed E-state index contributed by atoms with van der Waals surface area (Å²) in [6, 6.07) is 22.5. The Morgan fingerprint density at radius 2 is 1.62 bits per heavy atom. The smallest absolute Gasteiger partial charge is 0.356 e. The molecule has 0 N–H and O–H groups in total. The number of rotatable bonds is 2. The van der Waals surface area contributed by atoms with Crippen LogP contribution >= 0.6 is 0 Å². The summed E-state index contributed by atoms with van der Waals surface area (Å²) in [5.74, 6) is 0.504. The zero-order valence-corrected chi connectivity index (χ0v) is 16.0. The van der Waals surface area contributed by atoms with Gasteiger partial charge in [-0.05, 0) is 46.9 Å². The van der Waals surface area contributed by atoms with Gasteiger partial charge in [-0.25, -0.2) is 4.79 Å². The fourth-order valence-corrected chi connectivity index (χ4v) is 4.28. The van der Waals surface area contributed by atoms with Gasteiger partial charge in [0.15, 0.2) is 5.56 Å². The van der Waals surface area contributed by atoms with Crippen LogP contribution in [0.1, 0.15) is 24.8 Å². The van der Waals surface area contributed by atoms with Crippen LogP contribution in [-0.2, 0) is 0 Å². The minimum Gasteiger partial charge on any atom is -0.422 e. The van der Waals surface area contributed by atoms with Gasteiger partial charge in [-0.2, -0.15) is 5.26 Å². The fraction of sp³-hybridized carbons (Fsp3) is 0.200. The molecule has 5 rings (SSSR count). The molecule has 1 saturated heterocycles. The molecule has 0 bridgehead atoms. The van der Waals surface area contributed by atoms with Gasteiger partial charge >= 0.3 is 5.63 Å². The van der Waals surface area contributed by atoms with Crippen LogP contribution < -0.4 is 10.5 Å². The number of benzene rings is 3. The normalized spacial score (nSPS) is 14.2. The average molecular weight is 380 g/mol. The molecule has 1 fully saturated rings. The molecule has 0 radical (unpaired) electrons. The molecule has 2 heterocycles. The average Bonchev–Trinajstić information content (AvgIpc) is 2.78. The summed E-state index contributed by atoms with van der Waals surface area (Å²) in [5.41, 5.74) is 1.07. The minimum absolute atomic E-state index is 0.0995. The van der Waals surface area contributed by atoms with Crippen molar-refractivity contribution in [1.29, 1.82) is 5.26 Å². The molecule has 0 unspecified atom stereocenters. The Balaban J connectivity index is 1.66. The maximum Gasteiger partial charge on any atom is 0.356 e. The van der Waals surface area contributed by atoms with Crippen LogP contribution in [-0.4, -0.2) is 13.1 Å². The van der Waals surface area contributed by atoms with Crippen LogP contribution in [0.25, 0.3) is 32.9 Å². The van der Waals surface area contributed by atoms with Crippen LogP contribution in [0.15, 0.2) is 69.9 Å². The summed E-state index contributed by atoms with van der Waals surface area (Å²) in [4.78, 5) is 14.7. The highest BCUT2D eigenvalue weighted by Gasteiger charge is 2.20. The lowest BCUT2D eigenvalue weighted by atomic mass is 9.99. The van der Waals surface area contributed by atoms with Gasteiger partial charge in [0.2, 0.25) is 0 Å². The maximum atomic E-state index is 12.5. The van der Waals surface area contributed by atoms with Gasteiger partial charge in [-0.15, -0.1) is 0 Å². The third-order valence-corrected chi connectivity index (χ3v) is 5.77. The van der Waals surface area contributed by atoms with Gasteiger partial charge < -0.3 is 9.32 Å². The molecule has 0 amide bonds. The van der Waals surface area contributed by atoms with Gasteiger partial charge in [-0.3, -0.25) is 0 Å². The number of nitriles is 1. The first-order valence-electron chi connectivity index (χ1n) is 10.00. The minimum atomic E-state index is -0.566. The predicted octanol–water partition coefficient (Wildman–Crippen LogP) is 5.48. The van der Waals surface area contributed by atoms with Gasteiger partial charge in [0, 0.05) is 24.7 Å². The molecule has 0 atom stereocenters. The van der Waals surface area contributed by atoms with Crippen LogP contribution in [0.4, 0.5) is 5.69 Å². The molecular formula is C25H20N2O2. The zero-order chi connectivity index (χ0) is 19.8. The lowest BCUT2D eigenvalue weighted by Gasteiger charge is -2.29. The maximum absolute atomic E-state index is 12.5. The Bertz CT molecular complexity index is 1320. The van der Waals surface area contributed by atoms with E-state index in [0.717, 1.165) is 36.9 Å². The Morgan fingerprint density at radius 3 is 2.45 bits per heavy atom. The van der Waals surface area contributed by atoms with E-state index in [1.165, 1.54) is 22.6 Å². The largest absolute Gasteiger partial charge is 0.422 e. The molecule has 0 aliphatic carbocycles. The van der Waals surface area contributed by atoms with E-state index in [9.17, 15) is 10.1 Å². The summed E-state index contributed by atoms with van der Waals surface area (Å²) in [7, 11) is 0. The molecule has 0 saturated carbocycles. The number of hydrogen-bond acceptors (Lipinski definition) is 4. The third-order valence-electron chi connectivity index (χ3n) is 5.77. The molecule has 1 aliphatic heterocycles. The summed E-state index contributed by atoms with van der Waals surface area (Å²) in [5, 5.41) is 14.2. The Kier molecular flexibility index (Phi) is 4.29. The van der Waals surface area contributed by atoms with Crippen molar-refractivity contribution in [2.75, 3.05) is 18.0 Å². The second-order valence-corrected chi connectivity index (χ2v) is 7.54. The van der Waals surface area contributed by atoms with Crippen molar-refractivity contribution >= 4 is 27.2 Å². The SMILES string of the molecule is N#Cc1c(N2CCCCC2)cc(-c2ccc3c(ccc4ccccc43)c2)oc1=O. The van der Waals surface area contributed by atoms with Gasteiger partial charge in [0.25, 0.3) is 0 Å². The van der Waals surface area contributed by atoms with Gasteiger partial charge in [0.1, 0.15) is 11.8 Å². The predicted molar refractivity (Wildman–Crippen MR) is 116 cm³/mol. The summed E-state index contributed by atoms with van der Waals surface area (Å²) < 4.78 is 5.55. The van der Waals surface area contributed by atoms with Crippen molar-refractivity contribution in [2.45, 2.75) is 19.3 Å². The topological polar surface area (TPSA) is 57.2 Å². The lowest BCUT2D eigenvalue weighted by Crippen LogP contribution is -2.31. The molecule has 29 heavy (non-hydrogen) atoms. The molecule has 142 valence electrons. The molecule has 0 spiro atoms. The fourth-order valence-electron chi connectivity index (χ4n) is 4.28. The second-order valence-electron chi connectivity index (χ2n) is 7.54. The summed E-state index contributed by atoms with van der Waals surface area (Å²) in [6.45, 7) is 1.72. The molecule has 4 heteroatoms. The Labute approximate surface area is 168 Å². The molecule has 1 aliphatic rings. The zero-order valence-electron chi connectivity index (χ0n) is 16.0. The quantitative estimate of drug-likeness (QED) is 0.432. The van der Waals surface area contributed by atoms with Crippen LogP contribution in [0.5, 0.6) is 0 Å². The van der Waals surface area contributed by atoms with E-state index in [0.29, 0.717) is 11.4 Å². The van der Waals surface area contributed by atoms with Crippen LogP contribution in [0.3, 0.4) is 0 Å². The van der Waals surface area contributed by atoms with Gasteiger partial charge in [0.05, 0.1) is 5.69 Å². The van der Waals surface area contributed by atoms with Crippen molar-refractivity contribution in [3.8, 4) is 17.4 Å². The number of anilines is 1. The highest BCUT2D eigenvalue weighted by molar-refractivity contribution is 6.08. The Hall–Kier alpha value is -3.58. The first-order valence-corrected chi connectivity index (χ1v) is 10.00. The van der Waals surface area contributed by atoms with Gasteiger partial charge in [-0.1, -0.05) is 48.5 Å². The number of fused-ring (bicyclic) bond motifs is 3. The van der Waals surface area contributed by atoms with Crippen molar-refractivity contribution < 1.29 is 4.42 Å². The van der Waals surface area contributed by atoms with Crippen molar-refractivity contribution in [3.63, 3.8) is 0 Å². The molecule has 4 nitrogen and oxygen atoms in total. The van der Waals surface area contributed by atoms with Crippen LogP contribution in [0.2, 0.25) is 0 Å². The van der Waals surface area contributed by atoms with Crippen molar-refractivity contribution in [3.05, 3.63) is 76.6 Å². The van der Waals surface area contributed by atoms with E-state index in [4.69, 9.17) is 4.42 Å². The van der Waals surface area contributed by atoms with E-state index >= 15 is 0 Å². The summed E-state index contributed by atoms with van der Waals surface area (Å²) >= 11 is 0. The number of piperidine rings is 1. The first kappa shape index (κ1) is 17.5. The standard InChI is InChI=1S/C25H20N2O2/c26-16-22-23(27-12-4-1-5-13-27)15-24(29-25(22)28)19-10-11-21-18(14-19)9-8-17-6-2-3-7-20(17)21/h2-3,6-11,14-15H,1,4-5,12-13H2. The van der Waals surface area contributed by atoms with E-state index in [-0.39, 0.29) is 5.56 Å². The van der Waals surface area contributed by atoms with E-state index in [1.54, 1.807) is 0 Å². The van der Waals surface area contributed by atoms with Crippen LogP contribution in [0, 0.1) is 11.3 Å². The molecular weight excluding hydrogens is 360 g/mol. The summed E-state index contributed by atoms with van der Waals surface area (Å²) in [6.07, 6.45) is 3.33. The lowest BCUT2D eigenvalue weighted by molar-refractivity contribution is 0.519. The first-order chi connectivity index (χ1) is 14.2. The van der Waals surface area contributed by atoms with E-state index in [2.05, 4.69) is 35.2 Å². The van der Waals surface area contributed by atoms with E-state index in [1.807, 2.05) is 36.4 Å². The monoisotopic (exact) mass is 380 g/mol. The third kappa shape index (κ3) is 3.05. The molecule has 1 aromatic heterocycles. The highest BCUT2D eigenvalue weighted by atomic mass is 16.4. The van der Waals surface area contributed by atoms with E-state index < -0.39 is 5.63 Å². The molecule has 3 aromatic carbocycles. The van der Waals surface area contributed by atoms with Crippen molar-refractivity contribution in [1.82, 2.24) is 0 Å². The Morgan fingerprint density at radius 1 is 0.862 bits per heavy atom.